The van der Waals surface area contributed by atoms with E-state index < -0.39 is 11.9 Å². The second kappa shape index (κ2) is 6.83. The van der Waals surface area contributed by atoms with Crippen LogP contribution in [0.2, 0.25) is 10.0 Å². The number of aliphatic carboxylic acids is 1. The largest absolute Gasteiger partial charge is 0.497 e. The van der Waals surface area contributed by atoms with Crippen molar-refractivity contribution in [2.24, 2.45) is 0 Å². The first-order chi connectivity index (χ1) is 10.0. The van der Waals surface area contributed by atoms with Crippen LogP contribution in [0.5, 0.6) is 5.75 Å². The van der Waals surface area contributed by atoms with Crippen molar-refractivity contribution in [3.63, 3.8) is 0 Å². The third-order valence-electron chi connectivity index (χ3n) is 3.26. The molecule has 0 aliphatic heterocycles. The molecule has 0 fully saturated rings. The summed E-state index contributed by atoms with van der Waals surface area (Å²) < 4.78 is 5.08. The van der Waals surface area contributed by atoms with Gasteiger partial charge < -0.3 is 9.84 Å². The minimum atomic E-state index is -0.897. The van der Waals surface area contributed by atoms with Crippen molar-refractivity contribution in [2.45, 2.75) is 12.3 Å². The molecule has 2 aromatic carbocycles. The molecule has 0 bridgehead atoms. The maximum atomic E-state index is 11.5. The number of halogens is 2. The van der Waals surface area contributed by atoms with Gasteiger partial charge in [0, 0.05) is 10.0 Å². The van der Waals surface area contributed by atoms with Crippen molar-refractivity contribution in [1.29, 1.82) is 0 Å². The van der Waals surface area contributed by atoms with Crippen molar-refractivity contribution >= 4 is 29.2 Å². The van der Waals surface area contributed by atoms with Gasteiger partial charge in [0.25, 0.3) is 0 Å². The van der Waals surface area contributed by atoms with Gasteiger partial charge >= 0.3 is 5.97 Å². The fraction of sp³-hybridized carbons (Fsp3) is 0.188. The van der Waals surface area contributed by atoms with Gasteiger partial charge in [-0.3, -0.25) is 4.79 Å². The molecule has 0 aliphatic carbocycles. The van der Waals surface area contributed by atoms with Gasteiger partial charge in [-0.25, -0.2) is 0 Å². The van der Waals surface area contributed by atoms with Crippen LogP contribution in [0.1, 0.15) is 17.0 Å². The zero-order valence-electron chi connectivity index (χ0n) is 11.3. The van der Waals surface area contributed by atoms with Gasteiger partial charge in [0.15, 0.2) is 0 Å². The van der Waals surface area contributed by atoms with Crippen molar-refractivity contribution in [3.05, 3.63) is 63.6 Å². The summed E-state index contributed by atoms with van der Waals surface area (Å²) in [6.45, 7) is 0. The fourth-order valence-corrected chi connectivity index (χ4v) is 2.58. The highest BCUT2D eigenvalue weighted by Crippen LogP contribution is 2.28. The van der Waals surface area contributed by atoms with Gasteiger partial charge in [0.05, 0.1) is 13.0 Å². The fourth-order valence-electron chi connectivity index (χ4n) is 2.09. The monoisotopic (exact) mass is 324 g/mol. The lowest BCUT2D eigenvalue weighted by molar-refractivity contribution is -0.138. The Hall–Kier alpha value is -1.71. The van der Waals surface area contributed by atoms with Gasteiger partial charge in [-0.15, -0.1) is 0 Å². The van der Waals surface area contributed by atoms with E-state index in [4.69, 9.17) is 27.9 Å². The molecule has 0 saturated heterocycles. The molecule has 0 aromatic heterocycles. The molecule has 0 heterocycles. The standard InChI is InChI=1S/C16H14Cl2O3/c1-21-13-6-3-10(4-7-13)14(16(19)20)8-11-2-5-12(17)9-15(11)18/h2-7,9,14H,8H2,1H3,(H,19,20). The van der Waals surface area contributed by atoms with E-state index in [1.807, 2.05) is 0 Å². The Balaban J connectivity index is 2.28. The summed E-state index contributed by atoms with van der Waals surface area (Å²) in [5.41, 5.74) is 1.46. The van der Waals surface area contributed by atoms with Crippen LogP contribution in [0.15, 0.2) is 42.5 Å². The summed E-state index contributed by atoms with van der Waals surface area (Å²) in [6.07, 6.45) is 0.303. The summed E-state index contributed by atoms with van der Waals surface area (Å²) >= 11 is 12.0. The Morgan fingerprint density at radius 2 is 1.86 bits per heavy atom. The molecule has 0 aliphatic rings. The molecular formula is C16H14Cl2O3. The Bertz CT molecular complexity index is 638. The van der Waals surface area contributed by atoms with E-state index in [0.717, 1.165) is 5.56 Å². The van der Waals surface area contributed by atoms with Crippen molar-refractivity contribution < 1.29 is 14.6 Å². The predicted octanol–water partition coefficient (Wildman–Crippen LogP) is 4.41. The molecule has 5 heteroatoms. The third-order valence-corrected chi connectivity index (χ3v) is 3.84. The molecule has 1 atom stereocenters. The van der Waals surface area contributed by atoms with E-state index in [1.165, 1.54) is 0 Å². The molecule has 3 nitrogen and oxygen atoms in total. The average Bonchev–Trinajstić information content (AvgIpc) is 2.46. The number of benzene rings is 2. The van der Waals surface area contributed by atoms with E-state index in [1.54, 1.807) is 49.6 Å². The molecule has 0 amide bonds. The van der Waals surface area contributed by atoms with Gasteiger partial charge in [-0.05, 0) is 41.8 Å². The van der Waals surface area contributed by atoms with Gasteiger partial charge in [-0.2, -0.15) is 0 Å². The Morgan fingerprint density at radius 3 is 2.38 bits per heavy atom. The van der Waals surface area contributed by atoms with Crippen LogP contribution in [0, 0.1) is 0 Å². The summed E-state index contributed by atoms with van der Waals surface area (Å²) in [5, 5.41) is 10.5. The number of methoxy groups -OCH3 is 1. The predicted molar refractivity (Wildman–Crippen MR) is 83.5 cm³/mol. The first-order valence-electron chi connectivity index (χ1n) is 6.32. The lowest BCUT2D eigenvalue weighted by Gasteiger charge is -2.14. The summed E-state index contributed by atoms with van der Waals surface area (Å²) in [5.74, 6) is -0.881. The molecule has 2 aromatic rings. The normalized spacial score (nSPS) is 12.0. The molecule has 0 radical (unpaired) electrons. The first-order valence-corrected chi connectivity index (χ1v) is 7.07. The number of hydrogen-bond acceptors (Lipinski definition) is 2. The second-order valence-corrected chi connectivity index (χ2v) is 5.45. The molecule has 110 valence electrons. The third kappa shape index (κ3) is 3.90. The van der Waals surface area contributed by atoms with Crippen molar-refractivity contribution in [1.82, 2.24) is 0 Å². The van der Waals surface area contributed by atoms with Crippen LogP contribution in [0.3, 0.4) is 0 Å². The zero-order valence-corrected chi connectivity index (χ0v) is 12.9. The Kier molecular flexibility index (Phi) is 5.10. The maximum Gasteiger partial charge on any atom is 0.311 e. The number of rotatable bonds is 5. The summed E-state index contributed by atoms with van der Waals surface area (Å²) in [7, 11) is 1.57. The second-order valence-electron chi connectivity index (χ2n) is 4.60. The summed E-state index contributed by atoms with van der Waals surface area (Å²) in [6, 6.07) is 12.1. The highest BCUT2D eigenvalue weighted by atomic mass is 35.5. The Morgan fingerprint density at radius 1 is 1.19 bits per heavy atom. The van der Waals surface area contributed by atoms with Crippen molar-refractivity contribution in [2.75, 3.05) is 7.11 Å². The molecule has 2 rings (SSSR count). The molecule has 21 heavy (non-hydrogen) atoms. The van der Waals surface area contributed by atoms with Crippen LogP contribution in [0.4, 0.5) is 0 Å². The zero-order chi connectivity index (χ0) is 15.4. The van der Waals surface area contributed by atoms with Gasteiger partial charge in [0.1, 0.15) is 5.75 Å². The quantitative estimate of drug-likeness (QED) is 0.885. The van der Waals surface area contributed by atoms with E-state index in [0.29, 0.717) is 27.8 Å². The molecular weight excluding hydrogens is 311 g/mol. The lowest BCUT2D eigenvalue weighted by Crippen LogP contribution is -2.14. The van der Waals surface area contributed by atoms with Crippen LogP contribution >= 0.6 is 23.2 Å². The Labute approximate surface area is 133 Å². The van der Waals surface area contributed by atoms with E-state index in [-0.39, 0.29) is 0 Å². The van der Waals surface area contributed by atoms with Gasteiger partial charge in [-0.1, -0.05) is 41.4 Å². The lowest BCUT2D eigenvalue weighted by atomic mass is 9.92. The first kappa shape index (κ1) is 15.7. The topological polar surface area (TPSA) is 46.5 Å². The molecule has 1 N–H and O–H groups in total. The smallest absolute Gasteiger partial charge is 0.311 e. The van der Waals surface area contributed by atoms with Crippen LogP contribution in [-0.2, 0) is 11.2 Å². The summed E-state index contributed by atoms with van der Waals surface area (Å²) in [4.78, 5) is 11.5. The highest BCUT2D eigenvalue weighted by Gasteiger charge is 2.21. The highest BCUT2D eigenvalue weighted by molar-refractivity contribution is 6.35. The molecule has 0 spiro atoms. The maximum absolute atomic E-state index is 11.5. The molecule has 0 saturated carbocycles. The van der Waals surface area contributed by atoms with Crippen molar-refractivity contribution in [3.8, 4) is 5.75 Å². The van der Waals surface area contributed by atoms with E-state index in [9.17, 15) is 9.90 Å². The molecule has 1 unspecified atom stereocenters. The van der Waals surface area contributed by atoms with E-state index in [2.05, 4.69) is 0 Å². The van der Waals surface area contributed by atoms with Crippen LogP contribution in [0.25, 0.3) is 0 Å². The minimum Gasteiger partial charge on any atom is -0.497 e. The SMILES string of the molecule is COc1ccc(C(Cc2ccc(Cl)cc2Cl)C(=O)O)cc1. The number of carbonyl (C=O) groups is 1. The van der Waals surface area contributed by atoms with E-state index >= 15 is 0 Å². The van der Waals surface area contributed by atoms with Crippen LogP contribution in [-0.4, -0.2) is 18.2 Å². The number of hydrogen-bond donors (Lipinski definition) is 1. The average molecular weight is 325 g/mol. The van der Waals surface area contributed by atoms with Crippen LogP contribution < -0.4 is 4.74 Å². The minimum absolute atomic E-state index is 0.303. The van der Waals surface area contributed by atoms with Gasteiger partial charge in [0.2, 0.25) is 0 Å². The number of ether oxygens (including phenoxy) is 1. The number of carboxylic acid groups (broad SMARTS) is 1. The number of carboxylic acids is 1.